The highest BCUT2D eigenvalue weighted by molar-refractivity contribution is 5.31. The van der Waals surface area contributed by atoms with Crippen molar-refractivity contribution in [2.75, 3.05) is 0 Å². The second kappa shape index (κ2) is 12.6. The third-order valence-electron chi connectivity index (χ3n) is 7.77. The molecule has 0 amide bonds. The molecular weight excluding hydrogens is 416 g/mol. The molecular formula is C27H38F4O. The van der Waals surface area contributed by atoms with Gasteiger partial charge in [0.2, 0.25) is 0 Å². The molecule has 32 heavy (non-hydrogen) atoms. The zero-order valence-corrected chi connectivity index (χ0v) is 19.3. The SMILES string of the molecule is CC=CCCCC1CCC(C2CCC(CCc3cc(F)c(OC(F)F)c(F)c3)CC2)CC1. The zero-order valence-electron chi connectivity index (χ0n) is 19.3. The minimum atomic E-state index is -3.24. The summed E-state index contributed by atoms with van der Waals surface area (Å²) in [6, 6.07) is 2.26. The van der Waals surface area contributed by atoms with Gasteiger partial charge in [0, 0.05) is 0 Å². The van der Waals surface area contributed by atoms with Crippen LogP contribution in [-0.2, 0) is 6.42 Å². The summed E-state index contributed by atoms with van der Waals surface area (Å²) in [4.78, 5) is 0. The third kappa shape index (κ3) is 7.52. The first kappa shape index (κ1) is 25.1. The second-order valence-corrected chi connectivity index (χ2v) is 9.87. The molecule has 0 bridgehead atoms. The Labute approximate surface area is 190 Å². The van der Waals surface area contributed by atoms with Crippen molar-refractivity contribution in [1.29, 1.82) is 0 Å². The number of alkyl halides is 2. The van der Waals surface area contributed by atoms with E-state index in [1.807, 2.05) is 0 Å². The summed E-state index contributed by atoms with van der Waals surface area (Å²) in [7, 11) is 0. The number of benzene rings is 1. The van der Waals surface area contributed by atoms with Gasteiger partial charge in [-0.2, -0.15) is 8.78 Å². The van der Waals surface area contributed by atoms with Gasteiger partial charge in [-0.1, -0.05) is 44.3 Å². The minimum absolute atomic E-state index is 0.511. The van der Waals surface area contributed by atoms with Crippen LogP contribution in [0.4, 0.5) is 17.6 Å². The van der Waals surface area contributed by atoms with Gasteiger partial charge in [0.25, 0.3) is 0 Å². The molecule has 0 unspecified atom stereocenters. The molecule has 0 atom stereocenters. The van der Waals surface area contributed by atoms with Crippen molar-refractivity contribution in [3.8, 4) is 5.75 Å². The number of halogens is 4. The highest BCUT2D eigenvalue weighted by atomic mass is 19.3. The quantitative estimate of drug-likeness (QED) is 0.195. The molecule has 1 aromatic rings. The Hall–Kier alpha value is -1.52. The number of unbranched alkanes of at least 4 members (excludes halogenated alkanes) is 1. The van der Waals surface area contributed by atoms with Crippen molar-refractivity contribution in [3.63, 3.8) is 0 Å². The topological polar surface area (TPSA) is 9.23 Å². The summed E-state index contributed by atoms with van der Waals surface area (Å²) in [5.41, 5.74) is 0.511. The van der Waals surface area contributed by atoms with Gasteiger partial charge in [0.1, 0.15) is 0 Å². The van der Waals surface area contributed by atoms with Crippen molar-refractivity contribution in [1.82, 2.24) is 0 Å². The molecule has 0 N–H and O–H groups in total. The summed E-state index contributed by atoms with van der Waals surface area (Å²) in [5, 5.41) is 0. The molecule has 0 saturated heterocycles. The lowest BCUT2D eigenvalue weighted by atomic mass is 9.68. The van der Waals surface area contributed by atoms with Crippen LogP contribution in [0.3, 0.4) is 0 Å². The van der Waals surface area contributed by atoms with E-state index < -0.39 is 24.0 Å². The van der Waals surface area contributed by atoms with Gasteiger partial charge in [-0.25, -0.2) is 8.78 Å². The van der Waals surface area contributed by atoms with E-state index in [4.69, 9.17) is 0 Å². The predicted octanol–water partition coefficient (Wildman–Crippen LogP) is 8.86. The van der Waals surface area contributed by atoms with Crippen LogP contribution in [0.2, 0.25) is 0 Å². The Morgan fingerprint density at radius 1 is 0.875 bits per heavy atom. The van der Waals surface area contributed by atoms with Crippen molar-refractivity contribution in [2.45, 2.75) is 97.0 Å². The van der Waals surface area contributed by atoms with E-state index in [-0.39, 0.29) is 0 Å². The minimum Gasteiger partial charge on any atom is -0.429 e. The molecule has 2 aliphatic carbocycles. The van der Waals surface area contributed by atoms with Crippen LogP contribution >= 0.6 is 0 Å². The molecule has 180 valence electrons. The average Bonchev–Trinajstić information content (AvgIpc) is 2.78. The Balaban J connectivity index is 1.37. The maximum atomic E-state index is 13.9. The molecule has 1 aromatic carbocycles. The molecule has 0 aromatic heterocycles. The molecule has 0 heterocycles. The average molecular weight is 455 g/mol. The fraction of sp³-hybridized carbons (Fsp3) is 0.704. The molecule has 2 saturated carbocycles. The normalized spacial score (nSPS) is 26.7. The van der Waals surface area contributed by atoms with Crippen LogP contribution in [0.1, 0.15) is 89.5 Å². The van der Waals surface area contributed by atoms with E-state index in [0.29, 0.717) is 17.9 Å². The lowest BCUT2D eigenvalue weighted by molar-refractivity contribution is -0.0546. The van der Waals surface area contributed by atoms with Crippen molar-refractivity contribution >= 4 is 0 Å². The van der Waals surface area contributed by atoms with Gasteiger partial charge < -0.3 is 4.74 Å². The van der Waals surface area contributed by atoms with Crippen molar-refractivity contribution < 1.29 is 22.3 Å². The number of rotatable bonds is 10. The summed E-state index contributed by atoms with van der Waals surface area (Å²) >= 11 is 0. The maximum absolute atomic E-state index is 13.9. The van der Waals surface area contributed by atoms with Crippen LogP contribution in [0, 0.1) is 35.3 Å². The first-order valence-corrected chi connectivity index (χ1v) is 12.5. The summed E-state index contributed by atoms with van der Waals surface area (Å²) in [6.07, 6.45) is 20.2. The van der Waals surface area contributed by atoms with Gasteiger partial charge in [-0.05, 0) is 99.7 Å². The molecule has 5 heteroatoms. The van der Waals surface area contributed by atoms with E-state index in [2.05, 4.69) is 23.8 Å². The van der Waals surface area contributed by atoms with Crippen LogP contribution < -0.4 is 4.74 Å². The molecule has 1 nitrogen and oxygen atoms in total. The van der Waals surface area contributed by atoms with Crippen molar-refractivity contribution in [3.05, 3.63) is 41.5 Å². The van der Waals surface area contributed by atoms with E-state index in [0.717, 1.165) is 36.3 Å². The van der Waals surface area contributed by atoms with Crippen LogP contribution in [-0.4, -0.2) is 6.61 Å². The zero-order chi connectivity index (χ0) is 22.9. The third-order valence-corrected chi connectivity index (χ3v) is 7.77. The smallest absolute Gasteiger partial charge is 0.387 e. The molecule has 2 aliphatic rings. The number of ether oxygens (including phenoxy) is 1. The van der Waals surface area contributed by atoms with E-state index in [1.54, 1.807) is 0 Å². The Morgan fingerprint density at radius 2 is 1.41 bits per heavy atom. The van der Waals surface area contributed by atoms with Crippen LogP contribution in [0.5, 0.6) is 5.75 Å². The highest BCUT2D eigenvalue weighted by Gasteiger charge is 2.30. The summed E-state index contributed by atoms with van der Waals surface area (Å²) < 4.78 is 56.3. The highest BCUT2D eigenvalue weighted by Crippen LogP contribution is 2.43. The van der Waals surface area contributed by atoms with Crippen molar-refractivity contribution in [2.24, 2.45) is 23.7 Å². The summed E-state index contributed by atoms with van der Waals surface area (Å²) in [6.45, 7) is -1.15. The molecule has 0 spiro atoms. The first-order valence-electron chi connectivity index (χ1n) is 12.5. The number of allylic oxidation sites excluding steroid dienone is 2. The molecule has 0 radical (unpaired) electrons. The Morgan fingerprint density at radius 3 is 1.91 bits per heavy atom. The van der Waals surface area contributed by atoms with E-state index in [9.17, 15) is 17.6 Å². The van der Waals surface area contributed by atoms with E-state index in [1.165, 1.54) is 70.6 Å². The largest absolute Gasteiger partial charge is 0.429 e. The Bertz CT molecular complexity index is 693. The predicted molar refractivity (Wildman–Crippen MR) is 121 cm³/mol. The van der Waals surface area contributed by atoms with Crippen LogP contribution in [0.15, 0.2) is 24.3 Å². The van der Waals surface area contributed by atoms with Gasteiger partial charge >= 0.3 is 6.61 Å². The van der Waals surface area contributed by atoms with Gasteiger partial charge in [-0.3, -0.25) is 0 Å². The monoisotopic (exact) mass is 454 g/mol. The standard InChI is InChI=1S/C27H38F4O/c1-2-3-4-5-6-19-9-13-22(14-10-19)23-15-11-20(12-16-23)7-8-21-17-24(28)26(25(29)18-21)32-27(30)31/h2-3,17-20,22-23,27H,4-16H2,1H3. The summed E-state index contributed by atoms with van der Waals surface area (Å²) in [5.74, 6) is 0.132. The second-order valence-electron chi connectivity index (χ2n) is 9.87. The molecule has 0 aliphatic heterocycles. The number of hydrogen-bond acceptors (Lipinski definition) is 1. The van der Waals surface area contributed by atoms with Gasteiger partial charge in [0.15, 0.2) is 17.4 Å². The number of aryl methyl sites for hydroxylation is 1. The lowest BCUT2D eigenvalue weighted by Gasteiger charge is -2.38. The molecule has 2 fully saturated rings. The number of hydrogen-bond donors (Lipinski definition) is 0. The first-order chi connectivity index (χ1) is 15.5. The van der Waals surface area contributed by atoms with E-state index >= 15 is 0 Å². The van der Waals surface area contributed by atoms with Crippen LogP contribution in [0.25, 0.3) is 0 Å². The Kier molecular flexibility index (Phi) is 9.92. The van der Waals surface area contributed by atoms with Gasteiger partial charge in [0.05, 0.1) is 0 Å². The molecule has 3 rings (SSSR count). The fourth-order valence-corrected chi connectivity index (χ4v) is 5.92. The fourth-order valence-electron chi connectivity index (χ4n) is 5.92. The van der Waals surface area contributed by atoms with Gasteiger partial charge in [-0.15, -0.1) is 0 Å². The maximum Gasteiger partial charge on any atom is 0.387 e. The lowest BCUT2D eigenvalue weighted by Crippen LogP contribution is -2.26.